The second-order valence-electron chi connectivity index (χ2n) is 5.62. The van der Waals surface area contributed by atoms with E-state index in [1.807, 2.05) is 13.0 Å². The summed E-state index contributed by atoms with van der Waals surface area (Å²) in [6.45, 7) is 2.29. The smallest absolute Gasteiger partial charge is 0.165 e. The molecule has 2 N–H and O–H groups in total. The molecule has 0 aliphatic carbocycles. The lowest BCUT2D eigenvalue weighted by molar-refractivity contribution is 0.104. The zero-order chi connectivity index (χ0) is 18.2. The van der Waals surface area contributed by atoms with Crippen molar-refractivity contribution in [3.05, 3.63) is 59.4 Å². The van der Waals surface area contributed by atoms with Crippen LogP contribution in [0, 0.1) is 17.1 Å². The van der Waals surface area contributed by atoms with Crippen molar-refractivity contribution in [2.45, 2.75) is 19.1 Å². The number of rotatable bonds is 8. The summed E-state index contributed by atoms with van der Waals surface area (Å²) >= 11 is 0. The summed E-state index contributed by atoms with van der Waals surface area (Å²) in [4.78, 5) is 0. The van der Waals surface area contributed by atoms with Gasteiger partial charge in [0.15, 0.2) is 11.6 Å². The van der Waals surface area contributed by atoms with Crippen molar-refractivity contribution in [3.63, 3.8) is 0 Å². The van der Waals surface area contributed by atoms with Gasteiger partial charge in [0.1, 0.15) is 18.5 Å². The Hall–Kier alpha value is -2.62. The van der Waals surface area contributed by atoms with Gasteiger partial charge >= 0.3 is 0 Å². The van der Waals surface area contributed by atoms with E-state index in [1.165, 1.54) is 13.2 Å². The lowest BCUT2D eigenvalue weighted by Gasteiger charge is -2.18. The average Bonchev–Trinajstić information content (AvgIpc) is 2.64. The number of methoxy groups -OCH3 is 1. The largest absolute Gasteiger partial charge is 0.494 e. The Morgan fingerprint density at radius 1 is 1.24 bits per heavy atom. The minimum absolute atomic E-state index is 0.114. The van der Waals surface area contributed by atoms with E-state index in [1.54, 1.807) is 36.4 Å². The lowest BCUT2D eigenvalue weighted by Crippen LogP contribution is -2.33. The molecule has 0 spiro atoms. The molecule has 0 saturated heterocycles. The molecule has 0 aliphatic heterocycles. The van der Waals surface area contributed by atoms with Gasteiger partial charge in [0, 0.05) is 12.6 Å². The predicted molar refractivity (Wildman–Crippen MR) is 92.0 cm³/mol. The van der Waals surface area contributed by atoms with E-state index >= 15 is 0 Å². The van der Waals surface area contributed by atoms with E-state index in [2.05, 4.69) is 5.32 Å². The van der Waals surface area contributed by atoms with Gasteiger partial charge in [0.2, 0.25) is 0 Å². The van der Waals surface area contributed by atoms with Crippen LogP contribution in [0.2, 0.25) is 0 Å². The number of ether oxygens (including phenoxy) is 2. The van der Waals surface area contributed by atoms with Crippen molar-refractivity contribution < 1.29 is 19.0 Å². The van der Waals surface area contributed by atoms with Crippen LogP contribution in [0.5, 0.6) is 11.5 Å². The summed E-state index contributed by atoms with van der Waals surface area (Å²) in [5, 5.41) is 21.9. The first-order valence-electron chi connectivity index (χ1n) is 7.91. The fraction of sp³-hybridized carbons (Fsp3) is 0.316. The Balaban J connectivity index is 1.79. The molecule has 2 aromatic carbocycles. The number of nitrogens with one attached hydrogen (secondary N) is 1. The fourth-order valence-electron chi connectivity index (χ4n) is 2.26. The molecule has 2 aromatic rings. The van der Waals surface area contributed by atoms with Gasteiger partial charge in [0.25, 0.3) is 0 Å². The molecule has 132 valence electrons. The first-order valence-corrected chi connectivity index (χ1v) is 7.91. The highest BCUT2D eigenvalue weighted by Crippen LogP contribution is 2.21. The molecule has 6 heteroatoms. The Morgan fingerprint density at radius 2 is 1.96 bits per heavy atom. The molecule has 0 aromatic heterocycles. The molecule has 0 saturated carbocycles. The van der Waals surface area contributed by atoms with Crippen molar-refractivity contribution in [2.75, 3.05) is 20.3 Å². The number of benzene rings is 2. The van der Waals surface area contributed by atoms with Crippen molar-refractivity contribution in [1.29, 1.82) is 5.26 Å². The lowest BCUT2D eigenvalue weighted by atomic mass is 10.1. The van der Waals surface area contributed by atoms with Crippen molar-refractivity contribution in [2.24, 2.45) is 0 Å². The highest BCUT2D eigenvalue weighted by atomic mass is 19.1. The van der Waals surface area contributed by atoms with Gasteiger partial charge < -0.3 is 19.9 Å². The van der Waals surface area contributed by atoms with E-state index in [-0.39, 0.29) is 18.4 Å². The van der Waals surface area contributed by atoms with E-state index in [9.17, 15) is 9.50 Å². The summed E-state index contributed by atoms with van der Waals surface area (Å²) < 4.78 is 24.1. The number of aliphatic hydroxyl groups excluding tert-OH is 1. The van der Waals surface area contributed by atoms with E-state index in [4.69, 9.17) is 14.7 Å². The Bertz CT molecular complexity index is 728. The maximum atomic E-state index is 13.7. The van der Waals surface area contributed by atoms with Gasteiger partial charge in [-0.05, 0) is 48.9 Å². The molecule has 0 aliphatic rings. The molecule has 2 unspecified atom stereocenters. The van der Waals surface area contributed by atoms with Crippen molar-refractivity contribution in [3.8, 4) is 17.6 Å². The number of halogens is 1. The van der Waals surface area contributed by atoms with Crippen LogP contribution in [0.1, 0.15) is 24.1 Å². The second-order valence-corrected chi connectivity index (χ2v) is 5.62. The number of aliphatic hydroxyl groups is 1. The van der Waals surface area contributed by atoms with Crippen LogP contribution in [-0.2, 0) is 0 Å². The molecule has 5 nitrogen and oxygen atoms in total. The third-order valence-electron chi connectivity index (χ3n) is 3.76. The summed E-state index contributed by atoms with van der Waals surface area (Å²) in [6.07, 6.45) is -0.721. The summed E-state index contributed by atoms with van der Waals surface area (Å²) in [5.74, 6) is 0.369. The summed E-state index contributed by atoms with van der Waals surface area (Å²) in [7, 11) is 1.42. The molecule has 0 amide bonds. The van der Waals surface area contributed by atoms with Crippen LogP contribution in [0.4, 0.5) is 4.39 Å². The molecule has 2 atom stereocenters. The van der Waals surface area contributed by atoms with Crippen LogP contribution in [0.25, 0.3) is 0 Å². The summed E-state index contributed by atoms with van der Waals surface area (Å²) in [6, 6.07) is 13.3. The third kappa shape index (κ3) is 5.45. The van der Waals surface area contributed by atoms with E-state index in [0.717, 1.165) is 5.56 Å². The Kier molecular flexibility index (Phi) is 6.75. The molecule has 0 bridgehead atoms. The second kappa shape index (κ2) is 9.02. The molecule has 2 rings (SSSR count). The standard InChI is InChI=1S/C19H21FN2O3/c1-13(15-5-8-19(24-2)18(20)9-15)22-11-16(23)12-25-17-6-3-14(10-21)4-7-17/h3-9,13,16,22-23H,11-12H2,1-2H3. The van der Waals surface area contributed by atoms with Gasteiger partial charge in [-0.25, -0.2) is 4.39 Å². The quantitative estimate of drug-likeness (QED) is 0.770. The van der Waals surface area contributed by atoms with Crippen LogP contribution in [-0.4, -0.2) is 31.5 Å². The maximum absolute atomic E-state index is 13.7. The van der Waals surface area contributed by atoms with Crippen molar-refractivity contribution >= 4 is 0 Å². The topological polar surface area (TPSA) is 74.5 Å². The minimum atomic E-state index is -0.721. The highest BCUT2D eigenvalue weighted by molar-refractivity contribution is 5.34. The van der Waals surface area contributed by atoms with Gasteiger partial charge in [-0.15, -0.1) is 0 Å². The highest BCUT2D eigenvalue weighted by Gasteiger charge is 2.12. The Morgan fingerprint density at radius 3 is 2.56 bits per heavy atom. The number of nitriles is 1. The monoisotopic (exact) mass is 344 g/mol. The average molecular weight is 344 g/mol. The van der Waals surface area contributed by atoms with Crippen molar-refractivity contribution in [1.82, 2.24) is 5.32 Å². The van der Waals surface area contributed by atoms with Crippen LogP contribution < -0.4 is 14.8 Å². The number of nitrogens with zero attached hydrogens (tertiary/aromatic N) is 1. The zero-order valence-corrected chi connectivity index (χ0v) is 14.2. The fourth-order valence-corrected chi connectivity index (χ4v) is 2.26. The van der Waals surface area contributed by atoms with Crippen LogP contribution >= 0.6 is 0 Å². The number of hydrogen-bond acceptors (Lipinski definition) is 5. The van der Waals surface area contributed by atoms with Gasteiger partial charge in [-0.2, -0.15) is 5.26 Å². The molecule has 0 fully saturated rings. The van der Waals surface area contributed by atoms with Gasteiger partial charge in [-0.3, -0.25) is 0 Å². The van der Waals surface area contributed by atoms with E-state index in [0.29, 0.717) is 17.9 Å². The van der Waals surface area contributed by atoms with E-state index < -0.39 is 11.9 Å². The molecular formula is C19H21FN2O3. The zero-order valence-electron chi connectivity index (χ0n) is 14.2. The normalized spacial score (nSPS) is 12.9. The molecule has 0 radical (unpaired) electrons. The molecule has 0 heterocycles. The van der Waals surface area contributed by atoms with Crippen LogP contribution in [0.3, 0.4) is 0 Å². The predicted octanol–water partition coefficient (Wildman–Crippen LogP) is 2.80. The Labute approximate surface area is 146 Å². The first-order chi connectivity index (χ1) is 12.0. The van der Waals surface area contributed by atoms with Gasteiger partial charge in [0.05, 0.1) is 18.7 Å². The maximum Gasteiger partial charge on any atom is 0.165 e. The molecule has 25 heavy (non-hydrogen) atoms. The molecular weight excluding hydrogens is 323 g/mol. The SMILES string of the molecule is COc1ccc(C(C)NCC(O)COc2ccc(C#N)cc2)cc1F. The third-order valence-corrected chi connectivity index (χ3v) is 3.76. The number of hydrogen-bond donors (Lipinski definition) is 2. The summed E-state index contributed by atoms with van der Waals surface area (Å²) in [5.41, 5.74) is 1.31. The van der Waals surface area contributed by atoms with Gasteiger partial charge in [-0.1, -0.05) is 6.07 Å². The van der Waals surface area contributed by atoms with Crippen LogP contribution in [0.15, 0.2) is 42.5 Å². The minimum Gasteiger partial charge on any atom is -0.494 e. The first kappa shape index (κ1) is 18.7.